The number of carboxylic acids is 1. The number of likely N-dealkylation sites (tertiary alicyclic amines) is 1. The molecule has 2 heterocycles. The van der Waals surface area contributed by atoms with Gasteiger partial charge in [-0.1, -0.05) is 0 Å². The predicted octanol–water partition coefficient (Wildman–Crippen LogP) is 0.955. The summed E-state index contributed by atoms with van der Waals surface area (Å²) in [6, 6.07) is 0. The normalized spacial score (nSPS) is 27.6. The fraction of sp³-hybridized carbons (Fsp3) is 0.867. The Balaban J connectivity index is 1.78. The van der Waals surface area contributed by atoms with E-state index in [0.717, 1.165) is 25.8 Å². The fourth-order valence-electron chi connectivity index (χ4n) is 3.17. The van der Waals surface area contributed by atoms with Gasteiger partial charge in [-0.3, -0.25) is 14.5 Å². The SMILES string of the molecule is CC1(C(=O)O)CCCCN1CCCC(=O)N1CCOCC1. The molecule has 0 spiro atoms. The fourth-order valence-corrected chi connectivity index (χ4v) is 3.17. The summed E-state index contributed by atoms with van der Waals surface area (Å²) in [5.41, 5.74) is -0.764. The highest BCUT2D eigenvalue weighted by atomic mass is 16.5. The highest BCUT2D eigenvalue weighted by molar-refractivity contribution is 5.78. The minimum absolute atomic E-state index is 0.160. The molecule has 0 aromatic heterocycles. The van der Waals surface area contributed by atoms with Gasteiger partial charge in [0, 0.05) is 19.5 Å². The van der Waals surface area contributed by atoms with Gasteiger partial charge in [-0.2, -0.15) is 0 Å². The van der Waals surface area contributed by atoms with E-state index < -0.39 is 11.5 Å². The first kappa shape index (κ1) is 16.2. The Morgan fingerprint density at radius 2 is 1.90 bits per heavy atom. The number of morpholine rings is 1. The molecule has 21 heavy (non-hydrogen) atoms. The Morgan fingerprint density at radius 1 is 1.19 bits per heavy atom. The molecule has 6 nitrogen and oxygen atoms in total. The number of piperidine rings is 1. The summed E-state index contributed by atoms with van der Waals surface area (Å²) in [6.07, 6.45) is 3.91. The maximum Gasteiger partial charge on any atom is 0.323 e. The molecule has 2 rings (SSSR count). The summed E-state index contributed by atoms with van der Waals surface area (Å²) in [7, 11) is 0. The number of ether oxygens (including phenoxy) is 1. The van der Waals surface area contributed by atoms with Crippen LogP contribution in [0.15, 0.2) is 0 Å². The molecule has 2 aliphatic rings. The summed E-state index contributed by atoms with van der Waals surface area (Å²) in [5, 5.41) is 9.45. The number of carbonyl (C=O) groups is 2. The van der Waals surface area contributed by atoms with Crippen LogP contribution in [0.2, 0.25) is 0 Å². The van der Waals surface area contributed by atoms with Crippen molar-refractivity contribution >= 4 is 11.9 Å². The predicted molar refractivity (Wildman–Crippen MR) is 78.1 cm³/mol. The molecule has 0 aliphatic carbocycles. The number of amides is 1. The van der Waals surface area contributed by atoms with Crippen LogP contribution in [0.4, 0.5) is 0 Å². The van der Waals surface area contributed by atoms with Gasteiger partial charge in [0.15, 0.2) is 0 Å². The molecule has 0 saturated carbocycles. The van der Waals surface area contributed by atoms with Gasteiger partial charge in [0.2, 0.25) is 5.91 Å². The van der Waals surface area contributed by atoms with Gasteiger partial charge in [-0.25, -0.2) is 0 Å². The third kappa shape index (κ3) is 3.95. The summed E-state index contributed by atoms with van der Waals surface area (Å²) >= 11 is 0. The molecule has 1 atom stereocenters. The number of carbonyl (C=O) groups excluding carboxylic acids is 1. The molecular formula is C15H26N2O4. The Labute approximate surface area is 126 Å². The molecule has 0 aromatic carbocycles. The maximum absolute atomic E-state index is 12.1. The zero-order valence-electron chi connectivity index (χ0n) is 12.8. The van der Waals surface area contributed by atoms with Crippen LogP contribution in [0, 0.1) is 0 Å². The van der Waals surface area contributed by atoms with Crippen molar-refractivity contribution in [2.24, 2.45) is 0 Å². The summed E-state index contributed by atoms with van der Waals surface area (Å²) in [4.78, 5) is 27.4. The second kappa shape index (κ2) is 7.22. The van der Waals surface area contributed by atoms with Crippen molar-refractivity contribution in [2.45, 2.75) is 44.6 Å². The maximum atomic E-state index is 12.1. The number of hydrogen-bond acceptors (Lipinski definition) is 4. The highest BCUT2D eigenvalue weighted by Gasteiger charge is 2.40. The van der Waals surface area contributed by atoms with E-state index in [-0.39, 0.29) is 5.91 Å². The molecule has 120 valence electrons. The van der Waals surface area contributed by atoms with Crippen LogP contribution >= 0.6 is 0 Å². The number of aliphatic carboxylic acids is 1. The number of rotatable bonds is 5. The molecule has 2 saturated heterocycles. The highest BCUT2D eigenvalue weighted by Crippen LogP contribution is 2.28. The third-order valence-corrected chi connectivity index (χ3v) is 4.68. The molecule has 2 fully saturated rings. The molecular weight excluding hydrogens is 272 g/mol. The summed E-state index contributed by atoms with van der Waals surface area (Å²) in [6.45, 7) is 5.89. The van der Waals surface area contributed by atoms with Gasteiger partial charge < -0.3 is 14.7 Å². The van der Waals surface area contributed by atoms with E-state index in [9.17, 15) is 14.7 Å². The molecule has 0 radical (unpaired) electrons. The van der Waals surface area contributed by atoms with Crippen LogP contribution in [-0.4, -0.2) is 71.7 Å². The smallest absolute Gasteiger partial charge is 0.323 e. The van der Waals surface area contributed by atoms with Crippen molar-refractivity contribution in [2.75, 3.05) is 39.4 Å². The zero-order chi connectivity index (χ0) is 15.3. The van der Waals surface area contributed by atoms with Gasteiger partial charge in [-0.05, 0) is 45.7 Å². The molecule has 2 aliphatic heterocycles. The van der Waals surface area contributed by atoms with Crippen molar-refractivity contribution < 1.29 is 19.4 Å². The minimum Gasteiger partial charge on any atom is -0.480 e. The zero-order valence-corrected chi connectivity index (χ0v) is 12.8. The average Bonchev–Trinajstić information content (AvgIpc) is 2.50. The van der Waals surface area contributed by atoms with Crippen molar-refractivity contribution in [3.63, 3.8) is 0 Å². The largest absolute Gasteiger partial charge is 0.480 e. The number of nitrogens with zero attached hydrogens (tertiary/aromatic N) is 2. The molecule has 0 aromatic rings. The Morgan fingerprint density at radius 3 is 2.57 bits per heavy atom. The van der Waals surface area contributed by atoms with Crippen molar-refractivity contribution in [1.29, 1.82) is 0 Å². The van der Waals surface area contributed by atoms with Crippen LogP contribution in [0.1, 0.15) is 39.0 Å². The number of hydrogen-bond donors (Lipinski definition) is 1. The second-order valence-corrected chi connectivity index (χ2v) is 6.12. The Bertz CT molecular complexity index is 382. The van der Waals surface area contributed by atoms with E-state index in [0.29, 0.717) is 45.7 Å². The van der Waals surface area contributed by atoms with Crippen molar-refractivity contribution in [3.8, 4) is 0 Å². The quantitative estimate of drug-likeness (QED) is 0.818. The van der Waals surface area contributed by atoms with E-state index in [1.165, 1.54) is 0 Å². The number of carboxylic acid groups (broad SMARTS) is 1. The lowest BCUT2D eigenvalue weighted by Crippen LogP contribution is -2.55. The van der Waals surface area contributed by atoms with E-state index >= 15 is 0 Å². The summed E-state index contributed by atoms with van der Waals surface area (Å²) < 4.78 is 5.24. The van der Waals surface area contributed by atoms with Crippen LogP contribution in [0.25, 0.3) is 0 Å². The van der Waals surface area contributed by atoms with Gasteiger partial charge in [0.25, 0.3) is 0 Å². The van der Waals surface area contributed by atoms with Gasteiger partial charge in [0.05, 0.1) is 13.2 Å². The molecule has 1 unspecified atom stereocenters. The first-order chi connectivity index (χ1) is 10.0. The molecule has 1 amide bonds. The lowest BCUT2D eigenvalue weighted by atomic mass is 9.88. The van der Waals surface area contributed by atoms with Crippen LogP contribution < -0.4 is 0 Å². The van der Waals surface area contributed by atoms with E-state index in [1.807, 2.05) is 9.80 Å². The van der Waals surface area contributed by atoms with E-state index in [4.69, 9.17) is 4.74 Å². The van der Waals surface area contributed by atoms with Gasteiger partial charge in [0.1, 0.15) is 5.54 Å². The Kier molecular flexibility index (Phi) is 5.58. The van der Waals surface area contributed by atoms with Crippen LogP contribution in [0.5, 0.6) is 0 Å². The lowest BCUT2D eigenvalue weighted by molar-refractivity contribution is -0.153. The first-order valence-electron chi connectivity index (χ1n) is 7.88. The van der Waals surface area contributed by atoms with Crippen molar-refractivity contribution in [3.05, 3.63) is 0 Å². The van der Waals surface area contributed by atoms with Crippen LogP contribution in [-0.2, 0) is 14.3 Å². The summed E-state index contributed by atoms with van der Waals surface area (Å²) in [5.74, 6) is -0.589. The van der Waals surface area contributed by atoms with Gasteiger partial charge in [-0.15, -0.1) is 0 Å². The molecule has 6 heteroatoms. The van der Waals surface area contributed by atoms with Gasteiger partial charge >= 0.3 is 5.97 Å². The second-order valence-electron chi connectivity index (χ2n) is 6.12. The van der Waals surface area contributed by atoms with Crippen molar-refractivity contribution in [1.82, 2.24) is 9.80 Å². The van der Waals surface area contributed by atoms with E-state index in [1.54, 1.807) is 6.92 Å². The molecule has 1 N–H and O–H groups in total. The Hall–Kier alpha value is -1.14. The topological polar surface area (TPSA) is 70.1 Å². The average molecular weight is 298 g/mol. The standard InChI is InChI=1S/C15H26N2O4/c1-15(14(19)20)6-2-3-7-17(15)8-4-5-13(18)16-9-11-21-12-10-16/h2-12H2,1H3,(H,19,20). The monoisotopic (exact) mass is 298 g/mol. The molecule has 0 bridgehead atoms. The minimum atomic E-state index is -0.764. The lowest BCUT2D eigenvalue weighted by Gasteiger charge is -2.41. The first-order valence-corrected chi connectivity index (χ1v) is 7.88. The third-order valence-electron chi connectivity index (χ3n) is 4.68. The van der Waals surface area contributed by atoms with Crippen LogP contribution in [0.3, 0.4) is 0 Å². The van der Waals surface area contributed by atoms with E-state index in [2.05, 4.69) is 0 Å².